The number of rotatable bonds is 2. The number of Topliss-reactive ketones (excluding diaryl/α,β-unsaturated/α-hetero) is 1. The topological polar surface area (TPSA) is 67.9 Å². The Hall–Kier alpha value is -3.08. The van der Waals surface area contributed by atoms with Gasteiger partial charge >= 0.3 is 0 Å². The first kappa shape index (κ1) is 20.2. The third-order valence-electron chi connectivity index (χ3n) is 6.18. The average Bonchev–Trinajstić information content (AvgIpc) is 3.04. The lowest BCUT2D eigenvalue weighted by atomic mass is 9.66. The van der Waals surface area contributed by atoms with Crippen LogP contribution in [0.2, 0.25) is 5.02 Å². The van der Waals surface area contributed by atoms with E-state index in [4.69, 9.17) is 11.6 Å². The molecule has 0 amide bonds. The van der Waals surface area contributed by atoms with Crippen LogP contribution in [-0.2, 0) is 4.79 Å². The molecule has 0 N–H and O–H groups in total. The molecule has 0 aromatic heterocycles. The highest BCUT2D eigenvalue weighted by molar-refractivity contribution is 6.30. The lowest BCUT2D eigenvalue weighted by Gasteiger charge is -2.36. The average molecular weight is 416 g/mol. The fourth-order valence-electron chi connectivity index (χ4n) is 4.78. The lowest BCUT2D eigenvalue weighted by Crippen LogP contribution is -2.43. The Morgan fingerprint density at radius 1 is 1.07 bits per heavy atom. The largest absolute Gasteiger partial charge is 0.357 e. The third kappa shape index (κ3) is 2.83. The van der Waals surface area contributed by atoms with Gasteiger partial charge in [-0.3, -0.25) is 4.79 Å². The molecule has 4 rings (SSSR count). The summed E-state index contributed by atoms with van der Waals surface area (Å²) < 4.78 is 0. The number of carbonyl (C=O) groups is 1. The van der Waals surface area contributed by atoms with Crippen LogP contribution in [0.15, 0.2) is 54.7 Å². The highest BCUT2D eigenvalue weighted by Gasteiger charge is 2.64. The van der Waals surface area contributed by atoms with Crippen molar-refractivity contribution in [3.63, 3.8) is 0 Å². The van der Waals surface area contributed by atoms with E-state index in [1.807, 2.05) is 74.3 Å². The van der Waals surface area contributed by atoms with Crippen LogP contribution in [0.3, 0.4) is 0 Å². The summed E-state index contributed by atoms with van der Waals surface area (Å²) in [7, 11) is 0. The van der Waals surface area contributed by atoms with Crippen LogP contribution in [0.1, 0.15) is 49.4 Å². The molecule has 1 saturated heterocycles. The fraction of sp³-hybridized carbons (Fsp3) is 0.320. The molecule has 3 atom stereocenters. The van der Waals surface area contributed by atoms with Crippen LogP contribution in [0.5, 0.6) is 0 Å². The van der Waals surface area contributed by atoms with Gasteiger partial charge in [-0.1, -0.05) is 68.8 Å². The van der Waals surface area contributed by atoms with Crippen molar-refractivity contribution in [1.82, 2.24) is 4.90 Å². The molecule has 2 aliphatic heterocycles. The normalized spacial score (nSPS) is 23.8. The van der Waals surface area contributed by atoms with Crippen molar-refractivity contribution in [3.8, 4) is 12.1 Å². The smallest absolute Gasteiger partial charge is 0.177 e. The summed E-state index contributed by atoms with van der Waals surface area (Å²) in [6, 6.07) is 18.4. The predicted molar refractivity (Wildman–Crippen MR) is 116 cm³/mol. The van der Waals surface area contributed by atoms with Gasteiger partial charge in [0.05, 0.1) is 24.2 Å². The van der Waals surface area contributed by atoms with Gasteiger partial charge < -0.3 is 4.90 Å². The molecule has 150 valence electrons. The Bertz CT molecular complexity index is 1100. The zero-order valence-electron chi connectivity index (χ0n) is 17.1. The molecule has 30 heavy (non-hydrogen) atoms. The van der Waals surface area contributed by atoms with Crippen LogP contribution >= 0.6 is 11.6 Å². The van der Waals surface area contributed by atoms with Crippen molar-refractivity contribution >= 4 is 23.5 Å². The van der Waals surface area contributed by atoms with E-state index in [1.54, 1.807) is 12.1 Å². The quantitative estimate of drug-likeness (QED) is 0.651. The van der Waals surface area contributed by atoms with Gasteiger partial charge in [-0.2, -0.15) is 10.5 Å². The molecule has 2 aromatic rings. The predicted octanol–water partition coefficient (Wildman–Crippen LogP) is 5.48. The molecule has 3 unspecified atom stereocenters. The molecule has 1 fully saturated rings. The number of carbonyl (C=O) groups excluding carboxylic acids is 1. The highest BCUT2D eigenvalue weighted by atomic mass is 35.5. The standard InChI is InChI=1S/C25H22ClN3O/c1-24(2,3)23(30)21-20(17-8-10-18(26)11-9-17)25(14-27,15-28)22-19-7-5-4-6-16(19)12-13-29(21)22/h4-13,20-22H,1-3H3. The minimum atomic E-state index is -1.43. The second-order valence-corrected chi connectivity index (χ2v) is 9.41. The first-order valence-corrected chi connectivity index (χ1v) is 10.3. The summed E-state index contributed by atoms with van der Waals surface area (Å²) in [4.78, 5) is 15.6. The highest BCUT2D eigenvalue weighted by Crippen LogP contribution is 2.60. The maximum Gasteiger partial charge on any atom is 0.177 e. The second kappa shape index (κ2) is 7.01. The fourth-order valence-corrected chi connectivity index (χ4v) is 4.91. The van der Waals surface area contributed by atoms with Gasteiger partial charge in [0.2, 0.25) is 0 Å². The first-order valence-electron chi connectivity index (χ1n) is 9.91. The third-order valence-corrected chi connectivity index (χ3v) is 6.43. The zero-order chi connectivity index (χ0) is 21.7. The molecule has 0 bridgehead atoms. The monoisotopic (exact) mass is 415 g/mol. The van der Waals surface area contributed by atoms with E-state index < -0.39 is 28.8 Å². The molecular formula is C25H22ClN3O. The van der Waals surface area contributed by atoms with E-state index in [1.165, 1.54) is 0 Å². The summed E-state index contributed by atoms with van der Waals surface area (Å²) in [5, 5.41) is 21.4. The summed E-state index contributed by atoms with van der Waals surface area (Å²) in [6.07, 6.45) is 3.83. The Balaban J connectivity index is 2.02. The minimum absolute atomic E-state index is 0.00357. The second-order valence-electron chi connectivity index (χ2n) is 8.98. The van der Waals surface area contributed by atoms with Gasteiger partial charge in [0.15, 0.2) is 11.2 Å². The van der Waals surface area contributed by atoms with E-state index in [2.05, 4.69) is 12.1 Å². The van der Waals surface area contributed by atoms with Gasteiger partial charge in [0.1, 0.15) is 0 Å². The van der Waals surface area contributed by atoms with E-state index in [0.717, 1.165) is 16.7 Å². The van der Waals surface area contributed by atoms with Crippen LogP contribution < -0.4 is 0 Å². The number of nitriles is 2. The maximum atomic E-state index is 13.7. The van der Waals surface area contributed by atoms with Gasteiger partial charge in [-0.05, 0) is 34.9 Å². The van der Waals surface area contributed by atoms with Crippen LogP contribution in [0, 0.1) is 33.5 Å². The number of benzene rings is 2. The van der Waals surface area contributed by atoms with Crippen molar-refractivity contribution in [3.05, 3.63) is 76.4 Å². The van der Waals surface area contributed by atoms with Gasteiger partial charge in [-0.25, -0.2) is 0 Å². The molecule has 2 heterocycles. The SMILES string of the molecule is CC(C)(C)C(=O)C1C(c2ccc(Cl)cc2)C(C#N)(C#N)C2c3ccccc3C=CN12. The Morgan fingerprint density at radius 2 is 1.70 bits per heavy atom. The molecule has 0 saturated carbocycles. The Kier molecular flexibility index (Phi) is 4.72. The van der Waals surface area contributed by atoms with Gasteiger partial charge in [0, 0.05) is 22.6 Å². The van der Waals surface area contributed by atoms with Crippen molar-refractivity contribution in [1.29, 1.82) is 10.5 Å². The number of halogens is 1. The maximum absolute atomic E-state index is 13.7. The minimum Gasteiger partial charge on any atom is -0.357 e. The van der Waals surface area contributed by atoms with Crippen molar-refractivity contribution in [2.45, 2.75) is 38.8 Å². The molecule has 2 aromatic carbocycles. The van der Waals surface area contributed by atoms with Crippen LogP contribution in [-0.4, -0.2) is 16.7 Å². The van der Waals surface area contributed by atoms with Crippen molar-refractivity contribution < 1.29 is 4.79 Å². The van der Waals surface area contributed by atoms with E-state index >= 15 is 0 Å². The molecule has 5 heteroatoms. The summed E-state index contributed by atoms with van der Waals surface area (Å²) in [5.74, 6) is -0.610. The number of nitrogens with zero attached hydrogens (tertiary/aromatic N) is 3. The molecular weight excluding hydrogens is 394 g/mol. The Morgan fingerprint density at radius 3 is 2.30 bits per heavy atom. The number of fused-ring (bicyclic) bond motifs is 3. The van der Waals surface area contributed by atoms with Crippen LogP contribution in [0.25, 0.3) is 6.08 Å². The molecule has 0 aliphatic carbocycles. The van der Waals surface area contributed by atoms with Gasteiger partial charge in [-0.15, -0.1) is 0 Å². The molecule has 4 nitrogen and oxygen atoms in total. The zero-order valence-corrected chi connectivity index (χ0v) is 17.9. The number of hydrogen-bond acceptors (Lipinski definition) is 4. The molecule has 0 radical (unpaired) electrons. The van der Waals surface area contributed by atoms with Crippen molar-refractivity contribution in [2.24, 2.45) is 10.8 Å². The first-order chi connectivity index (χ1) is 14.2. The summed E-state index contributed by atoms with van der Waals surface area (Å²) in [5.41, 5.74) is 0.565. The van der Waals surface area contributed by atoms with E-state index in [-0.39, 0.29) is 5.78 Å². The lowest BCUT2D eigenvalue weighted by molar-refractivity contribution is -0.130. The molecule has 0 spiro atoms. The van der Waals surface area contributed by atoms with Gasteiger partial charge in [0.25, 0.3) is 0 Å². The summed E-state index contributed by atoms with van der Waals surface area (Å²) >= 11 is 6.10. The molecule has 2 aliphatic rings. The van der Waals surface area contributed by atoms with E-state index in [0.29, 0.717) is 5.02 Å². The summed E-state index contributed by atoms with van der Waals surface area (Å²) in [6.45, 7) is 5.64. The van der Waals surface area contributed by atoms with Crippen molar-refractivity contribution in [2.75, 3.05) is 0 Å². The number of hydrogen-bond donors (Lipinski definition) is 0. The Labute approximate surface area is 182 Å². The van der Waals surface area contributed by atoms with Crippen LogP contribution in [0.4, 0.5) is 0 Å². The number of ketones is 1. The van der Waals surface area contributed by atoms with E-state index in [9.17, 15) is 15.3 Å².